The fourth-order valence-electron chi connectivity index (χ4n) is 2.16. The highest BCUT2D eigenvalue weighted by Crippen LogP contribution is 2.27. The second kappa shape index (κ2) is 6.35. The number of aryl methyl sites for hydroxylation is 1. The highest BCUT2D eigenvalue weighted by Gasteiger charge is 2.13. The second-order valence-electron chi connectivity index (χ2n) is 4.69. The highest BCUT2D eigenvalue weighted by molar-refractivity contribution is 9.10. The minimum atomic E-state index is -0.559. The van der Waals surface area contributed by atoms with Crippen molar-refractivity contribution in [1.29, 1.82) is 0 Å². The third kappa shape index (κ3) is 3.37. The van der Waals surface area contributed by atoms with E-state index in [0.717, 1.165) is 28.2 Å². The van der Waals surface area contributed by atoms with Gasteiger partial charge in [-0.2, -0.15) is 0 Å². The standard InChI is InChI=1S/C16H16BrF2N/c1-3-11-8-12(17)4-7-16(11)20-10(2)14-6-5-13(18)9-15(14)19/h4-10,20H,3H2,1-2H3. The maximum absolute atomic E-state index is 13.8. The van der Waals surface area contributed by atoms with Crippen LogP contribution in [0.25, 0.3) is 0 Å². The monoisotopic (exact) mass is 339 g/mol. The normalized spacial score (nSPS) is 12.2. The van der Waals surface area contributed by atoms with Crippen LogP contribution in [0.1, 0.15) is 31.0 Å². The zero-order valence-electron chi connectivity index (χ0n) is 11.4. The van der Waals surface area contributed by atoms with Crippen molar-refractivity contribution in [2.45, 2.75) is 26.3 Å². The van der Waals surface area contributed by atoms with Crippen LogP contribution in [0.4, 0.5) is 14.5 Å². The first kappa shape index (κ1) is 15.0. The summed E-state index contributed by atoms with van der Waals surface area (Å²) in [5.41, 5.74) is 2.57. The summed E-state index contributed by atoms with van der Waals surface area (Å²) in [6.45, 7) is 3.92. The van der Waals surface area contributed by atoms with E-state index in [4.69, 9.17) is 0 Å². The van der Waals surface area contributed by atoms with Gasteiger partial charge in [-0.05, 0) is 43.2 Å². The van der Waals surface area contributed by atoms with Gasteiger partial charge in [0.15, 0.2) is 0 Å². The van der Waals surface area contributed by atoms with Gasteiger partial charge in [-0.3, -0.25) is 0 Å². The molecular weight excluding hydrogens is 324 g/mol. The first-order valence-corrected chi connectivity index (χ1v) is 7.30. The molecule has 2 aromatic carbocycles. The zero-order chi connectivity index (χ0) is 14.7. The first-order valence-electron chi connectivity index (χ1n) is 6.51. The Labute approximate surface area is 126 Å². The third-order valence-corrected chi connectivity index (χ3v) is 3.74. The van der Waals surface area contributed by atoms with Crippen LogP contribution in [0.5, 0.6) is 0 Å². The fraction of sp³-hybridized carbons (Fsp3) is 0.250. The van der Waals surface area contributed by atoms with E-state index in [1.54, 1.807) is 0 Å². The fourth-order valence-corrected chi connectivity index (χ4v) is 2.57. The zero-order valence-corrected chi connectivity index (χ0v) is 13.0. The Bertz CT molecular complexity index is 613. The summed E-state index contributed by atoms with van der Waals surface area (Å²) in [6, 6.07) is 9.37. The number of benzene rings is 2. The molecule has 0 bridgehead atoms. The van der Waals surface area contributed by atoms with E-state index in [-0.39, 0.29) is 6.04 Å². The largest absolute Gasteiger partial charge is 0.378 e. The molecule has 1 N–H and O–H groups in total. The van der Waals surface area contributed by atoms with E-state index in [1.807, 2.05) is 25.1 Å². The molecule has 1 nitrogen and oxygen atoms in total. The Morgan fingerprint density at radius 2 is 1.90 bits per heavy atom. The second-order valence-corrected chi connectivity index (χ2v) is 5.60. The van der Waals surface area contributed by atoms with Gasteiger partial charge in [0.05, 0.1) is 6.04 Å². The van der Waals surface area contributed by atoms with E-state index >= 15 is 0 Å². The molecule has 0 radical (unpaired) electrons. The molecule has 2 aromatic rings. The molecule has 0 aliphatic carbocycles. The minimum Gasteiger partial charge on any atom is -0.378 e. The molecule has 106 valence electrons. The van der Waals surface area contributed by atoms with Gasteiger partial charge in [-0.25, -0.2) is 8.78 Å². The molecular formula is C16H16BrF2N. The molecule has 0 spiro atoms. The molecule has 1 unspecified atom stereocenters. The summed E-state index contributed by atoms with van der Waals surface area (Å²) in [5.74, 6) is -1.09. The van der Waals surface area contributed by atoms with Crippen LogP contribution < -0.4 is 5.32 Å². The van der Waals surface area contributed by atoms with Gasteiger partial charge in [0.1, 0.15) is 11.6 Å². The molecule has 20 heavy (non-hydrogen) atoms. The van der Waals surface area contributed by atoms with E-state index in [2.05, 4.69) is 28.2 Å². The van der Waals surface area contributed by atoms with E-state index in [1.165, 1.54) is 12.1 Å². The van der Waals surface area contributed by atoms with Crippen molar-refractivity contribution in [3.05, 3.63) is 63.6 Å². The van der Waals surface area contributed by atoms with Gasteiger partial charge >= 0.3 is 0 Å². The van der Waals surface area contributed by atoms with Gasteiger partial charge in [-0.15, -0.1) is 0 Å². The smallest absolute Gasteiger partial charge is 0.131 e. The average Bonchev–Trinajstić information content (AvgIpc) is 2.40. The molecule has 0 aliphatic heterocycles. The number of halogens is 3. The lowest BCUT2D eigenvalue weighted by atomic mass is 10.1. The van der Waals surface area contributed by atoms with Crippen molar-refractivity contribution in [2.24, 2.45) is 0 Å². The van der Waals surface area contributed by atoms with Crippen LogP contribution >= 0.6 is 15.9 Å². The number of rotatable bonds is 4. The van der Waals surface area contributed by atoms with Crippen LogP contribution in [-0.2, 0) is 6.42 Å². The molecule has 0 fully saturated rings. The number of hydrogen-bond acceptors (Lipinski definition) is 1. The summed E-state index contributed by atoms with van der Waals surface area (Å²) < 4.78 is 27.7. The topological polar surface area (TPSA) is 12.0 Å². The molecule has 1 atom stereocenters. The van der Waals surface area contributed by atoms with E-state index in [0.29, 0.717) is 5.56 Å². The van der Waals surface area contributed by atoms with Gasteiger partial charge in [0.25, 0.3) is 0 Å². The van der Waals surface area contributed by atoms with Crippen molar-refractivity contribution >= 4 is 21.6 Å². The van der Waals surface area contributed by atoms with Crippen molar-refractivity contribution in [1.82, 2.24) is 0 Å². The van der Waals surface area contributed by atoms with Crippen molar-refractivity contribution in [3.63, 3.8) is 0 Å². The van der Waals surface area contributed by atoms with Crippen molar-refractivity contribution in [3.8, 4) is 0 Å². The Morgan fingerprint density at radius 1 is 1.15 bits per heavy atom. The van der Waals surface area contributed by atoms with Crippen molar-refractivity contribution < 1.29 is 8.78 Å². The summed E-state index contributed by atoms with van der Waals surface area (Å²) in [5, 5.41) is 3.28. The quantitative estimate of drug-likeness (QED) is 0.779. The molecule has 0 saturated heterocycles. The van der Waals surface area contributed by atoms with Crippen LogP contribution in [0.3, 0.4) is 0 Å². The van der Waals surface area contributed by atoms with Crippen LogP contribution in [0.2, 0.25) is 0 Å². The maximum Gasteiger partial charge on any atom is 0.131 e. The number of anilines is 1. The van der Waals surface area contributed by atoms with Gasteiger partial charge < -0.3 is 5.32 Å². The Balaban J connectivity index is 2.25. The molecule has 4 heteroatoms. The predicted octanol–water partition coefficient (Wildman–Crippen LogP) is 5.46. The Hall–Kier alpha value is -1.42. The predicted molar refractivity (Wildman–Crippen MR) is 81.9 cm³/mol. The molecule has 0 heterocycles. The van der Waals surface area contributed by atoms with Gasteiger partial charge in [0.2, 0.25) is 0 Å². The van der Waals surface area contributed by atoms with Gasteiger partial charge in [0, 0.05) is 21.8 Å². The van der Waals surface area contributed by atoms with Crippen LogP contribution in [0.15, 0.2) is 40.9 Å². The maximum atomic E-state index is 13.8. The third-order valence-electron chi connectivity index (χ3n) is 3.25. The molecule has 0 aliphatic rings. The number of hydrogen-bond donors (Lipinski definition) is 1. The summed E-state index contributed by atoms with van der Waals surface area (Å²) >= 11 is 3.44. The average molecular weight is 340 g/mol. The Kier molecular flexibility index (Phi) is 4.76. The van der Waals surface area contributed by atoms with Gasteiger partial charge in [-0.1, -0.05) is 28.9 Å². The van der Waals surface area contributed by atoms with Crippen molar-refractivity contribution in [2.75, 3.05) is 5.32 Å². The summed E-state index contributed by atoms with van der Waals surface area (Å²) in [4.78, 5) is 0. The lowest BCUT2D eigenvalue weighted by Crippen LogP contribution is -2.10. The van der Waals surface area contributed by atoms with E-state index < -0.39 is 11.6 Å². The minimum absolute atomic E-state index is 0.234. The molecule has 2 rings (SSSR count). The molecule has 0 saturated carbocycles. The molecule has 0 amide bonds. The summed E-state index contributed by atoms with van der Waals surface area (Å²) in [7, 11) is 0. The SMILES string of the molecule is CCc1cc(Br)ccc1NC(C)c1ccc(F)cc1F. The van der Waals surface area contributed by atoms with E-state index in [9.17, 15) is 8.78 Å². The lowest BCUT2D eigenvalue weighted by molar-refractivity contribution is 0.566. The number of nitrogens with one attached hydrogen (secondary N) is 1. The van der Waals surface area contributed by atoms with Crippen LogP contribution in [0, 0.1) is 11.6 Å². The lowest BCUT2D eigenvalue weighted by Gasteiger charge is -2.19. The molecule has 0 aromatic heterocycles. The Morgan fingerprint density at radius 3 is 2.55 bits per heavy atom. The first-order chi connectivity index (χ1) is 9.51. The van der Waals surface area contributed by atoms with Crippen LogP contribution in [-0.4, -0.2) is 0 Å². The highest BCUT2D eigenvalue weighted by atomic mass is 79.9. The summed E-state index contributed by atoms with van der Waals surface area (Å²) in [6.07, 6.45) is 0.875.